The Hall–Kier alpha value is -4.37. The van der Waals surface area contributed by atoms with Crippen molar-refractivity contribution in [3.8, 4) is 6.07 Å². The van der Waals surface area contributed by atoms with Gasteiger partial charge in [-0.25, -0.2) is 4.98 Å². The molecule has 31 heavy (non-hydrogen) atoms. The highest BCUT2D eigenvalue weighted by Gasteiger charge is 2.20. The maximum atomic E-state index is 13.2. The van der Waals surface area contributed by atoms with Crippen molar-refractivity contribution in [1.29, 1.82) is 5.26 Å². The van der Waals surface area contributed by atoms with Crippen molar-refractivity contribution in [2.45, 2.75) is 0 Å². The van der Waals surface area contributed by atoms with E-state index in [1.807, 2.05) is 40.8 Å². The Balaban J connectivity index is 1.98. The molecule has 6 nitrogen and oxygen atoms in total. The van der Waals surface area contributed by atoms with Gasteiger partial charge in [0.1, 0.15) is 11.7 Å². The first kappa shape index (κ1) is 18.6. The zero-order valence-electron chi connectivity index (χ0n) is 16.7. The van der Waals surface area contributed by atoms with Gasteiger partial charge in [-0.1, -0.05) is 30.4 Å². The van der Waals surface area contributed by atoms with Gasteiger partial charge < -0.3 is 9.32 Å². The predicted octanol–water partition coefficient (Wildman–Crippen LogP) is 4.80. The molecule has 5 rings (SSSR count). The second kappa shape index (κ2) is 7.15. The van der Waals surface area contributed by atoms with Crippen molar-refractivity contribution in [2.24, 2.45) is 0 Å². The van der Waals surface area contributed by atoms with Gasteiger partial charge in [0, 0.05) is 19.3 Å². The fourth-order valence-electron chi connectivity index (χ4n) is 4.08. The van der Waals surface area contributed by atoms with Gasteiger partial charge in [0.15, 0.2) is 11.2 Å². The summed E-state index contributed by atoms with van der Waals surface area (Å²) in [6.07, 6.45) is 5.32. The highest BCUT2D eigenvalue weighted by atomic mass is 16.3. The van der Waals surface area contributed by atoms with E-state index in [2.05, 4.69) is 24.1 Å². The van der Waals surface area contributed by atoms with Gasteiger partial charge in [0.25, 0.3) is 0 Å². The Morgan fingerprint density at radius 3 is 2.65 bits per heavy atom. The zero-order chi connectivity index (χ0) is 21.5. The van der Waals surface area contributed by atoms with E-state index in [1.165, 1.54) is 0 Å². The summed E-state index contributed by atoms with van der Waals surface area (Å²) in [5.41, 5.74) is 3.78. The molecule has 0 aliphatic heterocycles. The van der Waals surface area contributed by atoms with Crippen LogP contribution in [0.15, 0.2) is 83.2 Å². The van der Waals surface area contributed by atoms with E-state index in [0.29, 0.717) is 35.3 Å². The Morgan fingerprint density at radius 1 is 1.13 bits per heavy atom. The normalized spacial score (nSPS) is 11.2. The standard InChI is InChI=1S/C25H18N4O2/c1-3-12-28(13-4-2)19-10-7-9-18-22(19)29-15-16(14-26)21-23(30)17-8-5-6-11-20(17)31-24(21)25(29)27-18/h3-11,15H,1-2,12-13H2. The number of anilines is 1. The summed E-state index contributed by atoms with van der Waals surface area (Å²) in [7, 11) is 0. The number of imidazole rings is 1. The molecule has 0 N–H and O–H groups in total. The zero-order valence-corrected chi connectivity index (χ0v) is 16.7. The van der Waals surface area contributed by atoms with Crippen LogP contribution in [0.25, 0.3) is 38.6 Å². The molecule has 3 aromatic heterocycles. The maximum absolute atomic E-state index is 13.2. The molecule has 0 radical (unpaired) electrons. The van der Waals surface area contributed by atoms with Crippen LogP contribution >= 0.6 is 0 Å². The van der Waals surface area contributed by atoms with Crippen molar-refractivity contribution in [1.82, 2.24) is 9.38 Å². The number of benzene rings is 2. The van der Waals surface area contributed by atoms with Crippen LogP contribution in [0.3, 0.4) is 0 Å². The van der Waals surface area contributed by atoms with Crippen molar-refractivity contribution in [2.75, 3.05) is 18.0 Å². The number of hydrogen-bond acceptors (Lipinski definition) is 5. The minimum atomic E-state index is -0.233. The van der Waals surface area contributed by atoms with Crippen LogP contribution in [0, 0.1) is 11.3 Å². The fourth-order valence-corrected chi connectivity index (χ4v) is 4.08. The summed E-state index contributed by atoms with van der Waals surface area (Å²) < 4.78 is 7.96. The molecule has 3 heterocycles. The lowest BCUT2D eigenvalue weighted by atomic mass is 10.1. The highest BCUT2D eigenvalue weighted by Crippen LogP contribution is 2.32. The number of rotatable bonds is 5. The number of nitriles is 1. The molecule has 0 atom stereocenters. The molecular weight excluding hydrogens is 388 g/mol. The number of nitrogens with zero attached hydrogens (tertiary/aromatic N) is 4. The average Bonchev–Trinajstić information content (AvgIpc) is 3.17. The summed E-state index contributed by atoms with van der Waals surface area (Å²) >= 11 is 0. The van der Waals surface area contributed by atoms with Gasteiger partial charge in [-0.05, 0) is 24.3 Å². The number of para-hydroxylation sites is 2. The van der Waals surface area contributed by atoms with Gasteiger partial charge >= 0.3 is 0 Å². The molecule has 0 spiro atoms. The molecule has 0 saturated heterocycles. The lowest BCUT2D eigenvalue weighted by Gasteiger charge is -2.22. The van der Waals surface area contributed by atoms with E-state index in [1.54, 1.807) is 24.4 Å². The Morgan fingerprint density at radius 2 is 1.90 bits per heavy atom. The third-order valence-corrected chi connectivity index (χ3v) is 5.38. The minimum absolute atomic E-state index is 0.233. The largest absolute Gasteiger partial charge is 0.452 e. The van der Waals surface area contributed by atoms with E-state index < -0.39 is 0 Å². The summed E-state index contributed by atoms with van der Waals surface area (Å²) in [4.78, 5) is 20.1. The van der Waals surface area contributed by atoms with Crippen molar-refractivity contribution in [3.05, 3.63) is 89.8 Å². The topological polar surface area (TPSA) is 74.5 Å². The third kappa shape index (κ3) is 2.71. The van der Waals surface area contributed by atoms with Crippen molar-refractivity contribution < 1.29 is 4.42 Å². The van der Waals surface area contributed by atoms with Crippen LogP contribution in [0.2, 0.25) is 0 Å². The SMILES string of the molecule is C=CCN(CC=C)c1cccc2nc3c4oc5ccccc5c(=O)c4c(C#N)cn3c12. The molecule has 0 aliphatic carbocycles. The summed E-state index contributed by atoms with van der Waals surface area (Å²) in [6.45, 7) is 8.95. The second-order valence-corrected chi connectivity index (χ2v) is 7.22. The molecule has 5 aromatic rings. The van der Waals surface area contributed by atoms with Gasteiger partial charge in [0.05, 0.1) is 33.1 Å². The van der Waals surface area contributed by atoms with Gasteiger partial charge in [-0.3, -0.25) is 9.20 Å². The number of fused-ring (bicyclic) bond motifs is 6. The third-order valence-electron chi connectivity index (χ3n) is 5.38. The van der Waals surface area contributed by atoms with E-state index in [9.17, 15) is 10.1 Å². The molecular formula is C25H18N4O2. The van der Waals surface area contributed by atoms with E-state index in [0.717, 1.165) is 16.7 Å². The van der Waals surface area contributed by atoms with Crippen LogP contribution in [-0.2, 0) is 0 Å². The smallest absolute Gasteiger partial charge is 0.202 e. The quantitative estimate of drug-likeness (QED) is 0.310. The number of aromatic nitrogens is 2. The first-order valence-electron chi connectivity index (χ1n) is 9.84. The molecule has 0 fully saturated rings. The molecule has 0 aliphatic rings. The van der Waals surface area contributed by atoms with E-state index >= 15 is 0 Å². The van der Waals surface area contributed by atoms with Gasteiger partial charge in [0.2, 0.25) is 5.43 Å². The first-order valence-corrected chi connectivity index (χ1v) is 9.84. The monoisotopic (exact) mass is 406 g/mol. The van der Waals surface area contributed by atoms with Crippen LogP contribution in [0.1, 0.15) is 5.56 Å². The Kier molecular flexibility index (Phi) is 4.30. The van der Waals surface area contributed by atoms with Crippen LogP contribution < -0.4 is 10.3 Å². The maximum Gasteiger partial charge on any atom is 0.202 e. The fraction of sp³-hybridized carbons (Fsp3) is 0.0800. The highest BCUT2D eigenvalue weighted by molar-refractivity contribution is 6.03. The Labute approximate surface area is 177 Å². The summed E-state index contributed by atoms with van der Waals surface area (Å²) in [5.74, 6) is 0. The second-order valence-electron chi connectivity index (χ2n) is 7.22. The van der Waals surface area contributed by atoms with Gasteiger partial charge in [-0.15, -0.1) is 13.2 Å². The molecule has 0 saturated carbocycles. The molecule has 150 valence electrons. The Bertz CT molecular complexity index is 1610. The average molecular weight is 406 g/mol. The van der Waals surface area contributed by atoms with Crippen LogP contribution in [-0.4, -0.2) is 22.5 Å². The molecule has 0 unspecified atom stereocenters. The number of hydrogen-bond donors (Lipinski definition) is 0. The van der Waals surface area contributed by atoms with Crippen LogP contribution in [0.4, 0.5) is 5.69 Å². The molecule has 0 amide bonds. The van der Waals surface area contributed by atoms with Gasteiger partial charge in [-0.2, -0.15) is 5.26 Å². The van der Waals surface area contributed by atoms with E-state index in [-0.39, 0.29) is 16.4 Å². The molecule has 2 aromatic carbocycles. The molecule has 6 heteroatoms. The van der Waals surface area contributed by atoms with E-state index in [4.69, 9.17) is 9.40 Å². The van der Waals surface area contributed by atoms with Crippen molar-refractivity contribution >= 4 is 44.3 Å². The van der Waals surface area contributed by atoms with Crippen molar-refractivity contribution in [3.63, 3.8) is 0 Å². The predicted molar refractivity (Wildman–Crippen MR) is 124 cm³/mol. The molecule has 0 bridgehead atoms. The summed E-state index contributed by atoms with van der Waals surface area (Å²) in [6, 6.07) is 15.0. The minimum Gasteiger partial charge on any atom is -0.452 e. The lowest BCUT2D eigenvalue weighted by Crippen LogP contribution is -2.23. The first-order chi connectivity index (χ1) is 15.2. The number of pyridine rings is 1. The summed E-state index contributed by atoms with van der Waals surface area (Å²) in [5, 5.41) is 10.5. The van der Waals surface area contributed by atoms with Crippen LogP contribution in [0.5, 0.6) is 0 Å². The lowest BCUT2D eigenvalue weighted by molar-refractivity contribution is 0.660.